The standard InChI is InChI=1S/C28H28N2O/c1-18(2)21-11-13-22(14-12-21)23(17-29-5)10-8-19(3)26-20(4)9-15-24-25-7-6-16-30-28(25)31-27(24)26/h6-18H,1-5H3/b19-8+,23-10+,29-17+. The van der Waals surface area contributed by atoms with Crippen molar-refractivity contribution in [1.29, 1.82) is 0 Å². The number of fused-ring (bicyclic) bond motifs is 3. The summed E-state index contributed by atoms with van der Waals surface area (Å²) in [4.78, 5) is 8.66. The van der Waals surface area contributed by atoms with Crippen LogP contribution in [0, 0.1) is 6.92 Å². The summed E-state index contributed by atoms with van der Waals surface area (Å²) in [6, 6.07) is 17.0. The van der Waals surface area contributed by atoms with E-state index >= 15 is 0 Å². The van der Waals surface area contributed by atoms with Crippen molar-refractivity contribution in [3.8, 4) is 0 Å². The molecule has 0 unspecified atom stereocenters. The monoisotopic (exact) mass is 408 g/mol. The summed E-state index contributed by atoms with van der Waals surface area (Å²) in [5.41, 5.74) is 8.58. The minimum Gasteiger partial charge on any atom is -0.437 e. The van der Waals surface area contributed by atoms with Crippen molar-refractivity contribution in [2.45, 2.75) is 33.6 Å². The van der Waals surface area contributed by atoms with Crippen molar-refractivity contribution in [3.05, 3.63) is 89.1 Å². The highest BCUT2D eigenvalue weighted by Gasteiger charge is 2.14. The summed E-state index contributed by atoms with van der Waals surface area (Å²) >= 11 is 0. The van der Waals surface area contributed by atoms with E-state index in [4.69, 9.17) is 4.42 Å². The molecule has 0 N–H and O–H groups in total. The van der Waals surface area contributed by atoms with E-state index in [2.05, 4.69) is 92.3 Å². The summed E-state index contributed by atoms with van der Waals surface area (Å²) in [6.07, 6.45) is 7.96. The molecule has 0 bridgehead atoms. The lowest BCUT2D eigenvalue weighted by molar-refractivity contribution is 0.652. The molecule has 0 atom stereocenters. The number of hydrogen-bond donors (Lipinski definition) is 0. The molecule has 4 rings (SSSR count). The van der Waals surface area contributed by atoms with E-state index in [0.717, 1.165) is 38.6 Å². The molecule has 156 valence electrons. The average Bonchev–Trinajstić information content (AvgIpc) is 3.14. The zero-order chi connectivity index (χ0) is 22.0. The van der Waals surface area contributed by atoms with Crippen LogP contribution in [0.3, 0.4) is 0 Å². The highest BCUT2D eigenvalue weighted by molar-refractivity contribution is 6.11. The number of rotatable bonds is 5. The zero-order valence-electron chi connectivity index (χ0n) is 18.8. The smallest absolute Gasteiger partial charge is 0.227 e. The number of furan rings is 1. The molecule has 0 aliphatic rings. The first kappa shape index (κ1) is 20.8. The predicted octanol–water partition coefficient (Wildman–Crippen LogP) is 7.60. The maximum Gasteiger partial charge on any atom is 0.227 e. The fraction of sp³-hybridized carbons (Fsp3) is 0.214. The van der Waals surface area contributed by atoms with E-state index in [0.29, 0.717) is 11.6 Å². The second-order valence-electron chi connectivity index (χ2n) is 8.23. The van der Waals surface area contributed by atoms with E-state index in [1.54, 1.807) is 13.2 Å². The molecule has 0 fully saturated rings. The van der Waals surface area contributed by atoms with Gasteiger partial charge in [-0.25, -0.2) is 4.98 Å². The van der Waals surface area contributed by atoms with Crippen LogP contribution in [0.25, 0.3) is 33.2 Å². The van der Waals surface area contributed by atoms with Gasteiger partial charge < -0.3 is 4.42 Å². The van der Waals surface area contributed by atoms with Crippen molar-refractivity contribution >= 4 is 39.4 Å². The number of allylic oxidation sites excluding steroid dienone is 4. The number of nitrogens with zero attached hydrogens (tertiary/aromatic N) is 2. The Labute approximate surface area is 183 Å². The second kappa shape index (κ2) is 8.73. The molecule has 0 spiro atoms. The third-order valence-corrected chi connectivity index (χ3v) is 5.71. The van der Waals surface area contributed by atoms with E-state index < -0.39 is 0 Å². The van der Waals surface area contributed by atoms with Gasteiger partial charge in [0.2, 0.25) is 5.71 Å². The minimum absolute atomic E-state index is 0.519. The van der Waals surface area contributed by atoms with Gasteiger partial charge in [-0.15, -0.1) is 0 Å². The minimum atomic E-state index is 0.519. The molecule has 0 aliphatic carbocycles. The van der Waals surface area contributed by atoms with Gasteiger partial charge in [-0.05, 0) is 59.7 Å². The Morgan fingerprint density at radius 1 is 1.00 bits per heavy atom. The van der Waals surface area contributed by atoms with Crippen LogP contribution in [0.4, 0.5) is 0 Å². The molecule has 0 amide bonds. The molecule has 0 radical (unpaired) electrons. The lowest BCUT2D eigenvalue weighted by Gasteiger charge is -2.08. The molecule has 31 heavy (non-hydrogen) atoms. The molecule has 3 heteroatoms. The van der Waals surface area contributed by atoms with Crippen molar-refractivity contribution in [2.75, 3.05) is 7.05 Å². The van der Waals surface area contributed by atoms with E-state index in [1.807, 2.05) is 12.3 Å². The van der Waals surface area contributed by atoms with Crippen molar-refractivity contribution in [3.63, 3.8) is 0 Å². The van der Waals surface area contributed by atoms with Gasteiger partial charge in [0, 0.05) is 35.8 Å². The first-order valence-electron chi connectivity index (χ1n) is 10.7. The van der Waals surface area contributed by atoms with Crippen LogP contribution >= 0.6 is 0 Å². The van der Waals surface area contributed by atoms with E-state index in [-0.39, 0.29) is 0 Å². The fourth-order valence-electron chi connectivity index (χ4n) is 3.97. The number of benzene rings is 2. The van der Waals surface area contributed by atoms with Gasteiger partial charge in [0.15, 0.2) is 0 Å². The number of aromatic nitrogens is 1. The summed E-state index contributed by atoms with van der Waals surface area (Å²) in [5, 5.41) is 2.14. The van der Waals surface area contributed by atoms with Gasteiger partial charge in [-0.2, -0.15) is 0 Å². The molecule has 0 saturated carbocycles. The van der Waals surface area contributed by atoms with Gasteiger partial charge in [0.1, 0.15) is 5.58 Å². The molecule has 2 aromatic carbocycles. The molecule has 4 aromatic rings. The van der Waals surface area contributed by atoms with Crippen LogP contribution in [-0.2, 0) is 0 Å². The fourth-order valence-corrected chi connectivity index (χ4v) is 3.97. The SMILES string of the molecule is C/N=C/C(=C\C=C(/C)c1c(C)ccc2c1oc1ncccc12)c1ccc(C(C)C)cc1. The van der Waals surface area contributed by atoms with Gasteiger partial charge in [0.25, 0.3) is 0 Å². The Balaban J connectivity index is 1.79. The molecule has 0 saturated heterocycles. The van der Waals surface area contributed by atoms with Crippen LogP contribution in [0.2, 0.25) is 0 Å². The molecule has 2 heterocycles. The summed E-state index contributed by atoms with van der Waals surface area (Å²) < 4.78 is 6.16. The largest absolute Gasteiger partial charge is 0.437 e. The van der Waals surface area contributed by atoms with Crippen LogP contribution < -0.4 is 0 Å². The lowest BCUT2D eigenvalue weighted by Crippen LogP contribution is -1.91. The first-order valence-corrected chi connectivity index (χ1v) is 10.7. The third kappa shape index (κ3) is 4.09. The Bertz CT molecular complexity index is 1320. The maximum absolute atomic E-state index is 6.16. The molecule has 0 aliphatic heterocycles. The Kier molecular flexibility index (Phi) is 5.85. The Morgan fingerprint density at radius 3 is 2.48 bits per heavy atom. The molecule has 3 nitrogen and oxygen atoms in total. The van der Waals surface area contributed by atoms with Gasteiger partial charge in [0.05, 0.1) is 0 Å². The number of hydrogen-bond acceptors (Lipinski definition) is 3. The van der Waals surface area contributed by atoms with Gasteiger partial charge in [-0.3, -0.25) is 4.99 Å². The summed E-state index contributed by atoms with van der Waals surface area (Å²) in [6.45, 7) is 8.67. The molecular weight excluding hydrogens is 380 g/mol. The quantitative estimate of drug-likeness (QED) is 0.252. The van der Waals surface area contributed by atoms with Gasteiger partial charge in [-0.1, -0.05) is 62.4 Å². The predicted molar refractivity (Wildman–Crippen MR) is 133 cm³/mol. The van der Waals surface area contributed by atoms with Crippen LogP contribution in [0.1, 0.15) is 48.9 Å². The normalized spacial score (nSPS) is 13.2. The summed E-state index contributed by atoms with van der Waals surface area (Å²) in [7, 11) is 1.80. The van der Waals surface area contributed by atoms with Crippen molar-refractivity contribution < 1.29 is 4.42 Å². The van der Waals surface area contributed by atoms with Crippen LogP contribution in [-0.4, -0.2) is 18.2 Å². The van der Waals surface area contributed by atoms with E-state index in [9.17, 15) is 0 Å². The number of pyridine rings is 1. The van der Waals surface area contributed by atoms with Crippen LogP contribution in [0.5, 0.6) is 0 Å². The van der Waals surface area contributed by atoms with E-state index in [1.165, 1.54) is 11.1 Å². The maximum atomic E-state index is 6.16. The highest BCUT2D eigenvalue weighted by atomic mass is 16.3. The van der Waals surface area contributed by atoms with Crippen molar-refractivity contribution in [2.24, 2.45) is 4.99 Å². The van der Waals surface area contributed by atoms with Gasteiger partial charge >= 0.3 is 0 Å². The Hall–Kier alpha value is -3.46. The lowest BCUT2D eigenvalue weighted by atomic mass is 9.96. The summed E-state index contributed by atoms with van der Waals surface area (Å²) in [5.74, 6) is 0.519. The number of aliphatic imine (C=N–C) groups is 1. The molecule has 2 aromatic heterocycles. The topological polar surface area (TPSA) is 38.4 Å². The van der Waals surface area contributed by atoms with Crippen molar-refractivity contribution in [1.82, 2.24) is 4.98 Å². The average molecular weight is 409 g/mol. The zero-order valence-corrected chi connectivity index (χ0v) is 18.8. The first-order chi connectivity index (χ1) is 15.0. The number of aryl methyl sites for hydroxylation is 1. The highest BCUT2D eigenvalue weighted by Crippen LogP contribution is 2.35. The van der Waals surface area contributed by atoms with Crippen LogP contribution in [0.15, 0.2) is 76.3 Å². The molecular formula is C28H28N2O. The third-order valence-electron chi connectivity index (χ3n) is 5.71. The Morgan fingerprint density at radius 2 is 1.77 bits per heavy atom. The second-order valence-corrected chi connectivity index (χ2v) is 8.23.